The number of hydrogen-bond acceptors (Lipinski definition) is 3. The number of phenols is 1. The molecule has 0 radical (unpaired) electrons. The molecule has 1 atom stereocenters. The summed E-state index contributed by atoms with van der Waals surface area (Å²) in [6.45, 7) is 1.46. The number of amides is 1. The molecule has 1 saturated heterocycles. The molecule has 5 heteroatoms. The molecular weight excluding hydrogens is 362 g/mol. The lowest BCUT2D eigenvalue weighted by Gasteiger charge is -2.35. The van der Waals surface area contributed by atoms with Gasteiger partial charge in [-0.3, -0.25) is 9.48 Å². The number of carbonyl (C=O) groups excluding carboxylic acids is 1. The summed E-state index contributed by atoms with van der Waals surface area (Å²) in [4.78, 5) is 15.2. The average molecular weight is 389 g/mol. The molecule has 0 bridgehead atoms. The molecule has 1 aliphatic rings. The second kappa shape index (κ2) is 8.95. The molecule has 0 spiro atoms. The van der Waals surface area contributed by atoms with Crippen molar-refractivity contribution in [3.8, 4) is 5.75 Å². The maximum atomic E-state index is 13.2. The third-order valence-corrected chi connectivity index (χ3v) is 5.63. The highest BCUT2D eigenvalue weighted by Gasteiger charge is 2.28. The smallest absolute Gasteiger partial charge is 0.257 e. The number of phenolic OH excluding ortho intramolecular Hbond substituents is 1. The van der Waals surface area contributed by atoms with E-state index in [0.29, 0.717) is 17.9 Å². The Morgan fingerprint density at radius 1 is 1.07 bits per heavy atom. The monoisotopic (exact) mass is 389 g/mol. The Kier molecular flexibility index (Phi) is 5.94. The van der Waals surface area contributed by atoms with Crippen LogP contribution in [-0.2, 0) is 13.0 Å². The minimum Gasteiger partial charge on any atom is -0.508 e. The van der Waals surface area contributed by atoms with Gasteiger partial charge in [-0.2, -0.15) is 5.10 Å². The first kappa shape index (κ1) is 19.2. The summed E-state index contributed by atoms with van der Waals surface area (Å²) < 4.78 is 1.83. The van der Waals surface area contributed by atoms with Gasteiger partial charge in [-0.25, -0.2) is 0 Å². The van der Waals surface area contributed by atoms with Crippen LogP contribution in [0.1, 0.15) is 47.2 Å². The van der Waals surface area contributed by atoms with E-state index in [4.69, 9.17) is 0 Å². The number of aromatic hydroxyl groups is 1. The SMILES string of the molecule is O=C(c1cnn(Cc2ccccc2)c1)N1CCCCC1CCc1cccc(O)c1. The van der Waals surface area contributed by atoms with Crippen LogP contribution in [0.25, 0.3) is 0 Å². The summed E-state index contributed by atoms with van der Waals surface area (Å²) in [5.74, 6) is 0.370. The lowest BCUT2D eigenvalue weighted by molar-refractivity contribution is 0.0602. The summed E-state index contributed by atoms with van der Waals surface area (Å²) in [7, 11) is 0. The highest BCUT2D eigenvalue weighted by Crippen LogP contribution is 2.24. The number of nitrogens with zero attached hydrogens (tertiary/aromatic N) is 3. The third kappa shape index (κ3) is 4.86. The van der Waals surface area contributed by atoms with Crippen LogP contribution in [0.4, 0.5) is 0 Å². The number of rotatable bonds is 6. The Balaban J connectivity index is 1.42. The van der Waals surface area contributed by atoms with Crippen molar-refractivity contribution in [2.75, 3.05) is 6.54 Å². The van der Waals surface area contributed by atoms with E-state index in [-0.39, 0.29) is 11.9 Å². The maximum Gasteiger partial charge on any atom is 0.257 e. The van der Waals surface area contributed by atoms with Crippen LogP contribution in [0.3, 0.4) is 0 Å². The average Bonchev–Trinajstić information content (AvgIpc) is 3.21. The summed E-state index contributed by atoms with van der Waals surface area (Å²) in [6.07, 6.45) is 8.54. The number of carbonyl (C=O) groups is 1. The fraction of sp³-hybridized carbons (Fsp3) is 0.333. The predicted octanol–water partition coefficient (Wildman–Crippen LogP) is 4.26. The second-order valence-corrected chi connectivity index (χ2v) is 7.77. The van der Waals surface area contributed by atoms with Gasteiger partial charge in [-0.15, -0.1) is 0 Å². The minimum absolute atomic E-state index is 0.0740. The molecular formula is C24H27N3O2. The van der Waals surface area contributed by atoms with Crippen LogP contribution in [-0.4, -0.2) is 38.3 Å². The fourth-order valence-corrected chi connectivity index (χ4v) is 4.11. The van der Waals surface area contributed by atoms with Crippen LogP contribution in [0.2, 0.25) is 0 Å². The Hall–Kier alpha value is -3.08. The molecule has 4 rings (SSSR count). The summed E-state index contributed by atoms with van der Waals surface area (Å²) in [6, 6.07) is 17.8. The van der Waals surface area contributed by atoms with E-state index >= 15 is 0 Å². The van der Waals surface area contributed by atoms with Gasteiger partial charge in [0.15, 0.2) is 0 Å². The summed E-state index contributed by atoms with van der Waals surface area (Å²) >= 11 is 0. The van der Waals surface area contributed by atoms with Crippen LogP contribution in [0.15, 0.2) is 67.0 Å². The topological polar surface area (TPSA) is 58.4 Å². The van der Waals surface area contributed by atoms with Gasteiger partial charge in [-0.1, -0.05) is 42.5 Å². The zero-order chi connectivity index (χ0) is 20.1. The van der Waals surface area contributed by atoms with Gasteiger partial charge in [0.2, 0.25) is 0 Å². The highest BCUT2D eigenvalue weighted by atomic mass is 16.3. The number of aryl methyl sites for hydroxylation is 1. The van der Waals surface area contributed by atoms with Gasteiger partial charge in [0.1, 0.15) is 5.75 Å². The van der Waals surface area contributed by atoms with Crippen molar-refractivity contribution in [1.82, 2.24) is 14.7 Å². The van der Waals surface area contributed by atoms with Crippen molar-refractivity contribution in [3.05, 3.63) is 83.7 Å². The van der Waals surface area contributed by atoms with Crippen LogP contribution in [0.5, 0.6) is 5.75 Å². The first-order valence-corrected chi connectivity index (χ1v) is 10.3. The molecule has 3 aromatic rings. The normalized spacial score (nSPS) is 16.7. The van der Waals surface area contributed by atoms with Crippen molar-refractivity contribution < 1.29 is 9.90 Å². The second-order valence-electron chi connectivity index (χ2n) is 7.77. The Labute approximate surface area is 171 Å². The molecule has 0 aliphatic carbocycles. The van der Waals surface area contributed by atoms with E-state index in [2.05, 4.69) is 17.2 Å². The molecule has 29 heavy (non-hydrogen) atoms. The van der Waals surface area contributed by atoms with Crippen LogP contribution in [0, 0.1) is 0 Å². The van der Waals surface area contributed by atoms with Crippen LogP contribution < -0.4 is 0 Å². The molecule has 150 valence electrons. The van der Waals surface area contributed by atoms with E-state index in [1.54, 1.807) is 12.3 Å². The molecule has 1 aromatic heterocycles. The lowest BCUT2D eigenvalue weighted by Crippen LogP contribution is -2.43. The number of aromatic nitrogens is 2. The van der Waals surface area contributed by atoms with Gasteiger partial charge in [0.25, 0.3) is 5.91 Å². The predicted molar refractivity (Wildman–Crippen MR) is 113 cm³/mol. The fourth-order valence-electron chi connectivity index (χ4n) is 4.11. The molecule has 1 aliphatic heterocycles. The van der Waals surface area contributed by atoms with Gasteiger partial charge >= 0.3 is 0 Å². The van der Waals surface area contributed by atoms with E-state index in [9.17, 15) is 9.90 Å². The van der Waals surface area contributed by atoms with Gasteiger partial charge in [-0.05, 0) is 55.4 Å². The maximum absolute atomic E-state index is 13.2. The van der Waals surface area contributed by atoms with Crippen molar-refractivity contribution in [1.29, 1.82) is 0 Å². The van der Waals surface area contributed by atoms with E-state index in [1.165, 1.54) is 0 Å². The number of likely N-dealkylation sites (tertiary alicyclic amines) is 1. The molecule has 1 unspecified atom stereocenters. The van der Waals surface area contributed by atoms with E-state index < -0.39 is 0 Å². The molecule has 2 aromatic carbocycles. The molecule has 5 nitrogen and oxygen atoms in total. The van der Waals surface area contributed by atoms with Crippen molar-refractivity contribution in [3.63, 3.8) is 0 Å². The third-order valence-electron chi connectivity index (χ3n) is 5.63. The van der Waals surface area contributed by atoms with Gasteiger partial charge in [0, 0.05) is 18.8 Å². The zero-order valence-electron chi connectivity index (χ0n) is 16.6. The summed E-state index contributed by atoms with van der Waals surface area (Å²) in [5.41, 5.74) is 2.93. The Morgan fingerprint density at radius 2 is 1.90 bits per heavy atom. The van der Waals surface area contributed by atoms with Crippen molar-refractivity contribution >= 4 is 5.91 Å². The lowest BCUT2D eigenvalue weighted by atomic mass is 9.95. The summed E-state index contributed by atoms with van der Waals surface area (Å²) in [5, 5.41) is 14.1. The molecule has 1 fully saturated rings. The zero-order valence-corrected chi connectivity index (χ0v) is 16.6. The molecule has 1 amide bonds. The number of benzene rings is 2. The largest absolute Gasteiger partial charge is 0.508 e. The molecule has 1 N–H and O–H groups in total. The van der Waals surface area contributed by atoms with Crippen molar-refractivity contribution in [2.24, 2.45) is 0 Å². The van der Waals surface area contributed by atoms with E-state index in [0.717, 1.165) is 49.8 Å². The Morgan fingerprint density at radius 3 is 2.72 bits per heavy atom. The number of piperidine rings is 1. The van der Waals surface area contributed by atoms with Gasteiger partial charge < -0.3 is 10.0 Å². The highest BCUT2D eigenvalue weighted by molar-refractivity contribution is 5.94. The minimum atomic E-state index is 0.0740. The van der Waals surface area contributed by atoms with Gasteiger partial charge in [0.05, 0.1) is 18.3 Å². The molecule has 2 heterocycles. The standard InChI is InChI=1S/C24H27N3O2/c28-23-11-6-9-19(15-23)12-13-22-10-4-5-14-27(22)24(29)21-16-25-26(18-21)17-20-7-2-1-3-8-20/h1-3,6-9,11,15-16,18,22,28H,4-5,10,12-14,17H2. The van der Waals surface area contributed by atoms with Crippen molar-refractivity contribution in [2.45, 2.75) is 44.7 Å². The first-order valence-electron chi connectivity index (χ1n) is 10.3. The van der Waals surface area contributed by atoms with Crippen LogP contribution >= 0.6 is 0 Å². The Bertz CT molecular complexity index is 952. The first-order chi connectivity index (χ1) is 14.2. The molecule has 0 saturated carbocycles. The quantitative estimate of drug-likeness (QED) is 0.685. The van der Waals surface area contributed by atoms with E-state index in [1.807, 2.05) is 52.2 Å². The number of hydrogen-bond donors (Lipinski definition) is 1.